The first-order valence-corrected chi connectivity index (χ1v) is 5.57. The van der Waals surface area contributed by atoms with Crippen molar-refractivity contribution in [3.05, 3.63) is 47.8 Å². The van der Waals surface area contributed by atoms with Crippen molar-refractivity contribution < 1.29 is 9.13 Å². The monoisotopic (exact) mass is 246 g/mol. The number of halogens is 1. The van der Waals surface area contributed by atoms with Gasteiger partial charge in [0.25, 0.3) is 0 Å². The molecule has 0 aliphatic rings. The zero-order chi connectivity index (χ0) is 13.1. The number of nitrogens with one attached hydrogen (secondary N) is 1. The number of hydrogen-bond acceptors (Lipinski definition) is 3. The molecule has 0 spiro atoms. The fourth-order valence-corrected chi connectivity index (χ4v) is 1.77. The highest BCUT2D eigenvalue weighted by Crippen LogP contribution is 2.32. The van der Waals surface area contributed by atoms with E-state index in [9.17, 15) is 4.39 Å². The van der Waals surface area contributed by atoms with Gasteiger partial charge in [-0.05, 0) is 30.7 Å². The molecule has 0 aromatic heterocycles. The molecule has 0 amide bonds. The fraction of sp³-hybridized carbons (Fsp3) is 0.143. The third kappa shape index (κ3) is 2.37. The van der Waals surface area contributed by atoms with Crippen molar-refractivity contribution >= 4 is 17.1 Å². The SMILES string of the molecule is COc1ccc(F)cc1Nc1c(C)cccc1N. The van der Waals surface area contributed by atoms with Crippen LogP contribution in [-0.2, 0) is 0 Å². The fourth-order valence-electron chi connectivity index (χ4n) is 1.77. The van der Waals surface area contributed by atoms with Crippen LogP contribution in [-0.4, -0.2) is 7.11 Å². The average Bonchev–Trinajstić information content (AvgIpc) is 2.34. The van der Waals surface area contributed by atoms with Gasteiger partial charge in [0.15, 0.2) is 0 Å². The highest BCUT2D eigenvalue weighted by Gasteiger charge is 2.08. The maximum atomic E-state index is 13.3. The summed E-state index contributed by atoms with van der Waals surface area (Å²) >= 11 is 0. The molecule has 0 heterocycles. The zero-order valence-corrected chi connectivity index (χ0v) is 10.3. The third-order valence-electron chi connectivity index (χ3n) is 2.73. The molecule has 0 atom stereocenters. The molecular formula is C14H15FN2O. The minimum Gasteiger partial charge on any atom is -0.495 e. The molecular weight excluding hydrogens is 231 g/mol. The van der Waals surface area contributed by atoms with Crippen molar-refractivity contribution in [2.24, 2.45) is 0 Å². The van der Waals surface area contributed by atoms with E-state index in [-0.39, 0.29) is 5.82 Å². The lowest BCUT2D eigenvalue weighted by Crippen LogP contribution is -2.00. The quantitative estimate of drug-likeness (QED) is 0.815. The van der Waals surface area contributed by atoms with Gasteiger partial charge in [-0.15, -0.1) is 0 Å². The normalized spacial score (nSPS) is 10.2. The van der Waals surface area contributed by atoms with Crippen LogP contribution in [0.5, 0.6) is 5.75 Å². The minimum absolute atomic E-state index is 0.328. The third-order valence-corrected chi connectivity index (χ3v) is 2.73. The zero-order valence-electron chi connectivity index (χ0n) is 10.3. The van der Waals surface area contributed by atoms with Gasteiger partial charge in [-0.3, -0.25) is 0 Å². The first kappa shape index (κ1) is 12.2. The summed E-state index contributed by atoms with van der Waals surface area (Å²) in [6.07, 6.45) is 0. The van der Waals surface area contributed by atoms with E-state index in [2.05, 4.69) is 5.32 Å². The maximum Gasteiger partial charge on any atom is 0.142 e. The van der Waals surface area contributed by atoms with E-state index in [1.165, 1.54) is 12.1 Å². The Balaban J connectivity index is 2.42. The molecule has 2 aromatic rings. The average molecular weight is 246 g/mol. The molecule has 94 valence electrons. The summed E-state index contributed by atoms with van der Waals surface area (Å²) in [4.78, 5) is 0. The summed E-state index contributed by atoms with van der Waals surface area (Å²) in [6.45, 7) is 1.93. The van der Waals surface area contributed by atoms with E-state index in [4.69, 9.17) is 10.5 Å². The predicted octanol–water partition coefficient (Wildman–Crippen LogP) is 3.47. The van der Waals surface area contributed by atoms with Crippen LogP contribution < -0.4 is 15.8 Å². The van der Waals surface area contributed by atoms with E-state index in [1.54, 1.807) is 19.2 Å². The summed E-state index contributed by atoms with van der Waals surface area (Å²) < 4.78 is 18.4. The van der Waals surface area contributed by atoms with Gasteiger partial charge in [0.05, 0.1) is 24.2 Å². The Hall–Kier alpha value is -2.23. The number of nitrogens with two attached hydrogens (primary N) is 1. The molecule has 18 heavy (non-hydrogen) atoms. The number of benzene rings is 2. The number of methoxy groups -OCH3 is 1. The van der Waals surface area contributed by atoms with E-state index in [0.29, 0.717) is 17.1 Å². The number of ether oxygens (including phenoxy) is 1. The minimum atomic E-state index is -0.328. The molecule has 0 radical (unpaired) electrons. The number of para-hydroxylation sites is 1. The molecule has 0 bridgehead atoms. The smallest absolute Gasteiger partial charge is 0.142 e. The Morgan fingerprint density at radius 3 is 2.67 bits per heavy atom. The largest absolute Gasteiger partial charge is 0.495 e. The summed E-state index contributed by atoms with van der Waals surface area (Å²) in [6, 6.07) is 9.91. The molecule has 4 heteroatoms. The lowest BCUT2D eigenvalue weighted by atomic mass is 10.1. The molecule has 3 nitrogen and oxygen atoms in total. The summed E-state index contributed by atoms with van der Waals surface area (Å²) in [5.74, 6) is 0.240. The van der Waals surface area contributed by atoms with Crippen LogP contribution in [0.15, 0.2) is 36.4 Å². The summed E-state index contributed by atoms with van der Waals surface area (Å²) in [5, 5.41) is 3.11. The number of rotatable bonds is 3. The molecule has 0 fully saturated rings. The van der Waals surface area contributed by atoms with Gasteiger partial charge in [0.1, 0.15) is 11.6 Å². The van der Waals surface area contributed by atoms with Crippen LogP contribution in [0.1, 0.15) is 5.56 Å². The van der Waals surface area contributed by atoms with Gasteiger partial charge in [0.2, 0.25) is 0 Å². The number of aryl methyl sites for hydroxylation is 1. The number of nitrogen functional groups attached to an aromatic ring is 1. The van der Waals surface area contributed by atoms with Crippen molar-refractivity contribution in [1.82, 2.24) is 0 Å². The van der Waals surface area contributed by atoms with Gasteiger partial charge < -0.3 is 15.8 Å². The number of hydrogen-bond donors (Lipinski definition) is 2. The van der Waals surface area contributed by atoms with Gasteiger partial charge in [-0.1, -0.05) is 12.1 Å². The van der Waals surface area contributed by atoms with Crippen LogP contribution in [0, 0.1) is 12.7 Å². The van der Waals surface area contributed by atoms with Crippen molar-refractivity contribution in [3.8, 4) is 5.75 Å². The van der Waals surface area contributed by atoms with E-state index in [0.717, 1.165) is 11.3 Å². The van der Waals surface area contributed by atoms with Crippen molar-refractivity contribution in [2.75, 3.05) is 18.2 Å². The molecule has 2 aromatic carbocycles. The van der Waals surface area contributed by atoms with Crippen molar-refractivity contribution in [3.63, 3.8) is 0 Å². The Labute approximate surface area is 105 Å². The summed E-state index contributed by atoms with van der Waals surface area (Å²) in [7, 11) is 1.54. The van der Waals surface area contributed by atoms with Gasteiger partial charge >= 0.3 is 0 Å². The molecule has 0 unspecified atom stereocenters. The topological polar surface area (TPSA) is 47.3 Å². The second kappa shape index (κ2) is 4.96. The standard InChI is InChI=1S/C14H15FN2O/c1-9-4-3-5-11(16)14(9)17-12-8-10(15)6-7-13(12)18-2/h3-8,17H,16H2,1-2H3. The van der Waals surface area contributed by atoms with Gasteiger partial charge in [0, 0.05) is 6.07 Å². The van der Waals surface area contributed by atoms with Crippen LogP contribution in [0.25, 0.3) is 0 Å². The Morgan fingerprint density at radius 2 is 2.00 bits per heavy atom. The van der Waals surface area contributed by atoms with Crippen LogP contribution in [0.3, 0.4) is 0 Å². The van der Waals surface area contributed by atoms with E-state index in [1.807, 2.05) is 19.1 Å². The van der Waals surface area contributed by atoms with E-state index < -0.39 is 0 Å². The van der Waals surface area contributed by atoms with Crippen molar-refractivity contribution in [1.29, 1.82) is 0 Å². The lowest BCUT2D eigenvalue weighted by molar-refractivity contribution is 0.416. The van der Waals surface area contributed by atoms with Crippen molar-refractivity contribution in [2.45, 2.75) is 6.92 Å². The molecule has 0 saturated heterocycles. The van der Waals surface area contributed by atoms with Crippen LogP contribution in [0.4, 0.5) is 21.5 Å². The second-order valence-electron chi connectivity index (χ2n) is 4.01. The molecule has 0 saturated carbocycles. The molecule has 0 aliphatic heterocycles. The Bertz CT molecular complexity index is 549. The summed E-state index contributed by atoms with van der Waals surface area (Å²) in [5.41, 5.74) is 8.82. The van der Waals surface area contributed by atoms with Gasteiger partial charge in [-0.25, -0.2) is 4.39 Å². The second-order valence-corrected chi connectivity index (χ2v) is 4.01. The Morgan fingerprint density at radius 1 is 1.22 bits per heavy atom. The first-order valence-electron chi connectivity index (χ1n) is 5.57. The highest BCUT2D eigenvalue weighted by molar-refractivity contribution is 5.77. The molecule has 2 rings (SSSR count). The lowest BCUT2D eigenvalue weighted by Gasteiger charge is -2.15. The Kier molecular flexibility index (Phi) is 3.37. The predicted molar refractivity (Wildman–Crippen MR) is 71.8 cm³/mol. The van der Waals surface area contributed by atoms with Crippen LogP contribution in [0.2, 0.25) is 0 Å². The number of anilines is 3. The molecule has 0 aliphatic carbocycles. The van der Waals surface area contributed by atoms with E-state index >= 15 is 0 Å². The highest BCUT2D eigenvalue weighted by atomic mass is 19.1. The van der Waals surface area contributed by atoms with Gasteiger partial charge in [-0.2, -0.15) is 0 Å². The first-order chi connectivity index (χ1) is 8.61. The molecule has 3 N–H and O–H groups in total. The maximum absolute atomic E-state index is 13.3. The van der Waals surface area contributed by atoms with Crippen LogP contribution >= 0.6 is 0 Å².